The Kier molecular flexibility index (Phi) is 5.13. The topological polar surface area (TPSA) is 12.0 Å². The van der Waals surface area contributed by atoms with Crippen LogP contribution in [0, 0.1) is 0 Å². The highest BCUT2D eigenvalue weighted by Crippen LogP contribution is 2.05. The van der Waals surface area contributed by atoms with Crippen molar-refractivity contribution in [2.24, 2.45) is 0 Å². The van der Waals surface area contributed by atoms with E-state index in [4.69, 9.17) is 0 Å². The van der Waals surface area contributed by atoms with Gasteiger partial charge < -0.3 is 5.32 Å². The van der Waals surface area contributed by atoms with E-state index in [9.17, 15) is 0 Å². The molecule has 0 radical (unpaired) electrons. The van der Waals surface area contributed by atoms with Crippen molar-refractivity contribution in [3.8, 4) is 0 Å². The highest BCUT2D eigenvalue weighted by molar-refractivity contribution is 4.83. The van der Waals surface area contributed by atoms with Crippen molar-refractivity contribution >= 4 is 0 Å². The molecule has 0 bridgehead atoms. The van der Waals surface area contributed by atoms with Gasteiger partial charge in [0.1, 0.15) is 0 Å². The minimum atomic E-state index is 1.07. The fourth-order valence-electron chi connectivity index (χ4n) is 1.43. The summed E-state index contributed by atoms with van der Waals surface area (Å²) in [6.07, 6.45) is 12.8. The summed E-state index contributed by atoms with van der Waals surface area (Å²) in [5.41, 5.74) is 0. The van der Waals surface area contributed by atoms with E-state index in [2.05, 4.69) is 17.5 Å². The average molecular weight is 153 g/mol. The van der Waals surface area contributed by atoms with Crippen molar-refractivity contribution in [2.75, 3.05) is 13.1 Å². The summed E-state index contributed by atoms with van der Waals surface area (Å²) in [5, 5.41) is 3.40. The first-order valence-corrected chi connectivity index (χ1v) is 4.86. The van der Waals surface area contributed by atoms with Crippen molar-refractivity contribution in [3.63, 3.8) is 0 Å². The third-order valence-electron chi connectivity index (χ3n) is 2.15. The molecule has 1 aliphatic heterocycles. The van der Waals surface area contributed by atoms with Gasteiger partial charge in [0.15, 0.2) is 0 Å². The summed E-state index contributed by atoms with van der Waals surface area (Å²) in [4.78, 5) is 0. The van der Waals surface area contributed by atoms with Gasteiger partial charge >= 0.3 is 0 Å². The molecular weight excluding hydrogens is 134 g/mol. The van der Waals surface area contributed by atoms with Gasteiger partial charge in [-0.05, 0) is 25.8 Å². The standard InChI is InChI=1S/C10H19N/c1-2-4-6-8-10-11-9-7-5-3-1/h5,7,11H,1-4,6,8-10H2/b7-5-. The number of hydrogen-bond acceptors (Lipinski definition) is 1. The minimum absolute atomic E-state index is 1.07. The number of hydrogen-bond donors (Lipinski definition) is 1. The van der Waals surface area contributed by atoms with Crippen LogP contribution in [0.5, 0.6) is 0 Å². The summed E-state index contributed by atoms with van der Waals surface area (Å²) < 4.78 is 0. The van der Waals surface area contributed by atoms with Crippen LogP contribution in [0.15, 0.2) is 12.2 Å². The molecule has 0 unspecified atom stereocenters. The zero-order chi connectivity index (χ0) is 7.78. The highest BCUT2D eigenvalue weighted by atomic mass is 14.8. The van der Waals surface area contributed by atoms with Crippen LogP contribution in [-0.4, -0.2) is 13.1 Å². The molecule has 1 aliphatic rings. The Bertz CT molecular complexity index is 95.4. The molecule has 0 saturated carbocycles. The van der Waals surface area contributed by atoms with Crippen LogP contribution in [0.3, 0.4) is 0 Å². The predicted molar refractivity (Wildman–Crippen MR) is 49.7 cm³/mol. The highest BCUT2D eigenvalue weighted by Gasteiger charge is 1.91. The Morgan fingerprint density at radius 3 is 2.64 bits per heavy atom. The normalized spacial score (nSPS) is 25.5. The molecule has 0 aromatic heterocycles. The first-order valence-electron chi connectivity index (χ1n) is 4.86. The van der Waals surface area contributed by atoms with Crippen molar-refractivity contribution in [3.05, 3.63) is 12.2 Å². The van der Waals surface area contributed by atoms with Gasteiger partial charge in [0, 0.05) is 6.54 Å². The monoisotopic (exact) mass is 153 g/mol. The Morgan fingerprint density at radius 1 is 0.818 bits per heavy atom. The van der Waals surface area contributed by atoms with Crippen LogP contribution in [-0.2, 0) is 0 Å². The SMILES string of the molecule is C1=C\CNCCCCCCC/1. The lowest BCUT2D eigenvalue weighted by atomic mass is 10.1. The lowest BCUT2D eigenvalue weighted by molar-refractivity contribution is 0.597. The fourth-order valence-corrected chi connectivity index (χ4v) is 1.43. The van der Waals surface area contributed by atoms with E-state index in [0.717, 1.165) is 6.54 Å². The largest absolute Gasteiger partial charge is 0.313 e. The van der Waals surface area contributed by atoms with E-state index in [1.54, 1.807) is 0 Å². The Labute approximate surface area is 69.9 Å². The molecule has 1 N–H and O–H groups in total. The van der Waals surface area contributed by atoms with E-state index in [-0.39, 0.29) is 0 Å². The third-order valence-corrected chi connectivity index (χ3v) is 2.15. The first kappa shape index (κ1) is 8.79. The maximum atomic E-state index is 3.40. The van der Waals surface area contributed by atoms with Crippen molar-refractivity contribution < 1.29 is 0 Å². The zero-order valence-electron chi connectivity index (χ0n) is 7.31. The van der Waals surface area contributed by atoms with Crippen LogP contribution in [0.25, 0.3) is 0 Å². The van der Waals surface area contributed by atoms with Gasteiger partial charge in [-0.3, -0.25) is 0 Å². The number of nitrogens with one attached hydrogen (secondary N) is 1. The van der Waals surface area contributed by atoms with E-state index in [0.29, 0.717) is 0 Å². The molecule has 0 aromatic carbocycles. The second-order valence-electron chi connectivity index (χ2n) is 3.23. The summed E-state index contributed by atoms with van der Waals surface area (Å²) in [7, 11) is 0. The molecule has 0 spiro atoms. The lowest BCUT2D eigenvalue weighted by Crippen LogP contribution is -2.14. The van der Waals surface area contributed by atoms with Crippen LogP contribution >= 0.6 is 0 Å². The summed E-state index contributed by atoms with van der Waals surface area (Å²) in [6, 6.07) is 0. The molecule has 1 rings (SSSR count). The Morgan fingerprint density at radius 2 is 1.64 bits per heavy atom. The molecule has 0 aromatic rings. The van der Waals surface area contributed by atoms with E-state index in [1.165, 1.54) is 45.1 Å². The van der Waals surface area contributed by atoms with Crippen molar-refractivity contribution in [1.82, 2.24) is 5.32 Å². The Hall–Kier alpha value is -0.300. The Balaban J connectivity index is 2.11. The molecule has 0 fully saturated rings. The zero-order valence-corrected chi connectivity index (χ0v) is 7.31. The summed E-state index contributed by atoms with van der Waals surface area (Å²) in [6.45, 7) is 2.27. The first-order chi connectivity index (χ1) is 5.50. The lowest BCUT2D eigenvalue weighted by Gasteiger charge is -1.99. The summed E-state index contributed by atoms with van der Waals surface area (Å²) >= 11 is 0. The van der Waals surface area contributed by atoms with Gasteiger partial charge in [-0.1, -0.05) is 31.4 Å². The smallest absolute Gasteiger partial charge is 0.0134 e. The minimum Gasteiger partial charge on any atom is -0.313 e. The molecule has 0 aliphatic carbocycles. The maximum absolute atomic E-state index is 3.40. The van der Waals surface area contributed by atoms with Gasteiger partial charge in [-0.25, -0.2) is 0 Å². The van der Waals surface area contributed by atoms with Crippen LogP contribution < -0.4 is 5.32 Å². The van der Waals surface area contributed by atoms with E-state index >= 15 is 0 Å². The molecule has 64 valence electrons. The van der Waals surface area contributed by atoms with Gasteiger partial charge in [0.25, 0.3) is 0 Å². The molecular formula is C10H19N. The quantitative estimate of drug-likeness (QED) is 0.527. The molecule has 11 heavy (non-hydrogen) atoms. The molecule has 0 amide bonds. The summed E-state index contributed by atoms with van der Waals surface area (Å²) in [5.74, 6) is 0. The fraction of sp³-hybridized carbons (Fsp3) is 0.800. The molecule has 1 nitrogen and oxygen atoms in total. The van der Waals surface area contributed by atoms with Gasteiger partial charge in [-0.2, -0.15) is 0 Å². The molecule has 0 atom stereocenters. The van der Waals surface area contributed by atoms with Crippen LogP contribution in [0.1, 0.15) is 38.5 Å². The van der Waals surface area contributed by atoms with Crippen LogP contribution in [0.2, 0.25) is 0 Å². The van der Waals surface area contributed by atoms with Crippen molar-refractivity contribution in [1.29, 1.82) is 0 Å². The number of rotatable bonds is 0. The maximum Gasteiger partial charge on any atom is 0.0134 e. The molecule has 1 heteroatoms. The molecule has 1 heterocycles. The van der Waals surface area contributed by atoms with Gasteiger partial charge in [-0.15, -0.1) is 0 Å². The average Bonchev–Trinajstić information content (AvgIpc) is 2.08. The van der Waals surface area contributed by atoms with Crippen molar-refractivity contribution in [2.45, 2.75) is 38.5 Å². The second kappa shape index (κ2) is 6.41. The second-order valence-corrected chi connectivity index (χ2v) is 3.23. The van der Waals surface area contributed by atoms with E-state index in [1.807, 2.05) is 0 Å². The predicted octanol–water partition coefficient (Wildman–Crippen LogP) is 2.49. The van der Waals surface area contributed by atoms with Crippen LogP contribution in [0.4, 0.5) is 0 Å². The molecule has 0 saturated heterocycles. The van der Waals surface area contributed by atoms with Gasteiger partial charge in [0.2, 0.25) is 0 Å². The third kappa shape index (κ3) is 5.02. The van der Waals surface area contributed by atoms with E-state index < -0.39 is 0 Å². The van der Waals surface area contributed by atoms with Gasteiger partial charge in [0.05, 0.1) is 0 Å². The number of allylic oxidation sites excluding steroid dienone is 1.